The quantitative estimate of drug-likeness (QED) is 0.595. The summed E-state index contributed by atoms with van der Waals surface area (Å²) in [5.41, 5.74) is 5.65. The van der Waals surface area contributed by atoms with Crippen LogP contribution in [0.5, 0.6) is 0 Å². The second kappa shape index (κ2) is 6.85. The van der Waals surface area contributed by atoms with Gasteiger partial charge in [0.2, 0.25) is 0 Å². The van der Waals surface area contributed by atoms with E-state index < -0.39 is 0 Å². The van der Waals surface area contributed by atoms with Crippen molar-refractivity contribution in [2.75, 3.05) is 5.75 Å². The van der Waals surface area contributed by atoms with Crippen molar-refractivity contribution in [1.29, 1.82) is 0 Å². The summed E-state index contributed by atoms with van der Waals surface area (Å²) >= 11 is 1.77. The molecule has 1 atom stereocenters. The van der Waals surface area contributed by atoms with Gasteiger partial charge >= 0.3 is 0 Å². The highest BCUT2D eigenvalue weighted by atomic mass is 32.2. The minimum absolute atomic E-state index is 0.170. The van der Waals surface area contributed by atoms with Crippen LogP contribution < -0.4 is 5.73 Å². The standard InChI is InChI=1S/C12H18FNS/c1-10(14)4-2-3-9-15-12-7-5-11(13)6-8-12/h5-8,10H,2-4,9,14H2,1H3. The fraction of sp³-hybridized carbons (Fsp3) is 0.500. The van der Waals surface area contributed by atoms with Crippen molar-refractivity contribution in [3.8, 4) is 0 Å². The van der Waals surface area contributed by atoms with E-state index in [-0.39, 0.29) is 5.82 Å². The normalized spacial score (nSPS) is 12.7. The maximum absolute atomic E-state index is 12.6. The largest absolute Gasteiger partial charge is 0.328 e. The van der Waals surface area contributed by atoms with Gasteiger partial charge in [0.15, 0.2) is 0 Å². The first-order valence-corrected chi connectivity index (χ1v) is 6.31. The molecule has 0 aliphatic heterocycles. The third-order valence-corrected chi connectivity index (χ3v) is 3.23. The van der Waals surface area contributed by atoms with Crippen molar-refractivity contribution in [3.05, 3.63) is 30.1 Å². The van der Waals surface area contributed by atoms with Crippen LogP contribution in [0.1, 0.15) is 26.2 Å². The molecule has 1 unspecified atom stereocenters. The van der Waals surface area contributed by atoms with E-state index in [4.69, 9.17) is 5.73 Å². The Kier molecular flexibility index (Phi) is 5.73. The van der Waals surface area contributed by atoms with Gasteiger partial charge in [0.1, 0.15) is 5.82 Å². The van der Waals surface area contributed by atoms with Crippen molar-refractivity contribution in [3.63, 3.8) is 0 Å². The van der Waals surface area contributed by atoms with Crippen LogP contribution in [-0.4, -0.2) is 11.8 Å². The number of thioether (sulfide) groups is 1. The summed E-state index contributed by atoms with van der Waals surface area (Å²) in [7, 11) is 0. The van der Waals surface area contributed by atoms with Gasteiger partial charge in [-0.1, -0.05) is 6.42 Å². The van der Waals surface area contributed by atoms with E-state index in [2.05, 4.69) is 0 Å². The van der Waals surface area contributed by atoms with Gasteiger partial charge in [-0.05, 0) is 49.8 Å². The van der Waals surface area contributed by atoms with Gasteiger partial charge in [-0.2, -0.15) is 0 Å². The lowest BCUT2D eigenvalue weighted by molar-refractivity contribution is 0.618. The summed E-state index contributed by atoms with van der Waals surface area (Å²) in [5.74, 6) is 0.912. The lowest BCUT2D eigenvalue weighted by atomic mass is 10.2. The molecule has 0 radical (unpaired) electrons. The average molecular weight is 227 g/mol. The average Bonchev–Trinajstić information content (AvgIpc) is 2.20. The summed E-state index contributed by atoms with van der Waals surface area (Å²) in [5, 5.41) is 0. The maximum atomic E-state index is 12.6. The Hall–Kier alpha value is -0.540. The topological polar surface area (TPSA) is 26.0 Å². The Morgan fingerprint density at radius 3 is 2.53 bits per heavy atom. The molecular formula is C12H18FNS. The molecule has 1 rings (SSSR count). The van der Waals surface area contributed by atoms with E-state index >= 15 is 0 Å². The Morgan fingerprint density at radius 1 is 1.27 bits per heavy atom. The molecule has 0 fully saturated rings. The van der Waals surface area contributed by atoms with Crippen LogP contribution >= 0.6 is 11.8 Å². The highest BCUT2D eigenvalue weighted by Gasteiger charge is 1.97. The van der Waals surface area contributed by atoms with Gasteiger partial charge in [0.05, 0.1) is 0 Å². The molecule has 3 heteroatoms. The van der Waals surface area contributed by atoms with Crippen molar-refractivity contribution < 1.29 is 4.39 Å². The van der Waals surface area contributed by atoms with Gasteiger partial charge in [-0.25, -0.2) is 4.39 Å². The summed E-state index contributed by atoms with van der Waals surface area (Å²) in [4.78, 5) is 1.14. The summed E-state index contributed by atoms with van der Waals surface area (Å²) < 4.78 is 12.6. The molecule has 0 bridgehead atoms. The van der Waals surface area contributed by atoms with E-state index in [0.717, 1.165) is 17.1 Å². The molecule has 0 aliphatic rings. The van der Waals surface area contributed by atoms with Gasteiger partial charge < -0.3 is 5.73 Å². The van der Waals surface area contributed by atoms with E-state index in [0.29, 0.717) is 6.04 Å². The smallest absolute Gasteiger partial charge is 0.123 e. The molecule has 0 amide bonds. The number of rotatable bonds is 6. The minimum Gasteiger partial charge on any atom is -0.328 e. The second-order valence-electron chi connectivity index (χ2n) is 3.78. The highest BCUT2D eigenvalue weighted by molar-refractivity contribution is 7.99. The lowest BCUT2D eigenvalue weighted by Gasteiger charge is -2.04. The zero-order valence-corrected chi connectivity index (χ0v) is 9.90. The van der Waals surface area contributed by atoms with E-state index in [1.165, 1.54) is 25.0 Å². The van der Waals surface area contributed by atoms with E-state index in [1.54, 1.807) is 11.8 Å². The predicted molar refractivity (Wildman–Crippen MR) is 64.6 cm³/mol. The van der Waals surface area contributed by atoms with Gasteiger partial charge in [-0.15, -0.1) is 11.8 Å². The number of benzene rings is 1. The van der Waals surface area contributed by atoms with Crippen LogP contribution in [0.2, 0.25) is 0 Å². The van der Waals surface area contributed by atoms with Gasteiger partial charge in [0, 0.05) is 10.9 Å². The summed E-state index contributed by atoms with van der Waals surface area (Å²) in [6, 6.07) is 6.96. The predicted octanol–water partition coefficient (Wildman–Crippen LogP) is 3.44. The van der Waals surface area contributed by atoms with Crippen LogP contribution in [0, 0.1) is 5.82 Å². The fourth-order valence-corrected chi connectivity index (χ4v) is 2.20. The van der Waals surface area contributed by atoms with Crippen molar-refractivity contribution in [1.82, 2.24) is 0 Å². The monoisotopic (exact) mass is 227 g/mol. The molecule has 0 heterocycles. The first-order valence-electron chi connectivity index (χ1n) is 5.32. The number of nitrogens with two attached hydrogens (primary N) is 1. The SMILES string of the molecule is CC(N)CCCCSc1ccc(F)cc1. The number of hydrogen-bond donors (Lipinski definition) is 1. The molecule has 1 nitrogen and oxygen atoms in total. The molecule has 2 N–H and O–H groups in total. The molecule has 0 aromatic heterocycles. The highest BCUT2D eigenvalue weighted by Crippen LogP contribution is 2.19. The Balaban J connectivity index is 2.12. The van der Waals surface area contributed by atoms with Crippen LogP contribution in [0.4, 0.5) is 4.39 Å². The zero-order chi connectivity index (χ0) is 11.1. The molecule has 1 aromatic rings. The zero-order valence-electron chi connectivity index (χ0n) is 9.08. The van der Waals surface area contributed by atoms with E-state index in [1.807, 2.05) is 19.1 Å². The van der Waals surface area contributed by atoms with Crippen molar-refractivity contribution in [2.24, 2.45) is 5.73 Å². The first-order chi connectivity index (χ1) is 7.18. The van der Waals surface area contributed by atoms with Crippen molar-refractivity contribution >= 4 is 11.8 Å². The summed E-state index contributed by atoms with van der Waals surface area (Å²) in [6.07, 6.45) is 3.43. The second-order valence-corrected chi connectivity index (χ2v) is 4.94. The number of unbranched alkanes of at least 4 members (excludes halogenated alkanes) is 1. The lowest BCUT2D eigenvalue weighted by Crippen LogP contribution is -2.13. The Labute approximate surface area is 95.2 Å². The molecular weight excluding hydrogens is 209 g/mol. The Morgan fingerprint density at radius 2 is 1.93 bits per heavy atom. The minimum atomic E-state index is -0.170. The maximum Gasteiger partial charge on any atom is 0.123 e. The Bertz CT molecular complexity index is 271. The number of hydrogen-bond acceptors (Lipinski definition) is 2. The molecule has 0 spiro atoms. The fourth-order valence-electron chi connectivity index (χ4n) is 1.29. The molecule has 0 aliphatic carbocycles. The van der Waals surface area contributed by atoms with Crippen LogP contribution in [0.25, 0.3) is 0 Å². The first kappa shape index (κ1) is 12.5. The summed E-state index contributed by atoms with van der Waals surface area (Å²) in [6.45, 7) is 2.03. The molecule has 0 saturated carbocycles. The van der Waals surface area contributed by atoms with Crippen molar-refractivity contribution in [2.45, 2.75) is 37.1 Å². The van der Waals surface area contributed by atoms with Crippen LogP contribution in [-0.2, 0) is 0 Å². The van der Waals surface area contributed by atoms with Gasteiger partial charge in [0.25, 0.3) is 0 Å². The van der Waals surface area contributed by atoms with Crippen LogP contribution in [0.3, 0.4) is 0 Å². The molecule has 15 heavy (non-hydrogen) atoms. The number of halogens is 1. The van der Waals surface area contributed by atoms with Gasteiger partial charge in [-0.3, -0.25) is 0 Å². The molecule has 84 valence electrons. The molecule has 1 aromatic carbocycles. The third kappa shape index (κ3) is 5.80. The molecule has 0 saturated heterocycles. The third-order valence-electron chi connectivity index (χ3n) is 2.14. The van der Waals surface area contributed by atoms with E-state index in [9.17, 15) is 4.39 Å². The van der Waals surface area contributed by atoms with Crippen LogP contribution in [0.15, 0.2) is 29.2 Å².